The van der Waals surface area contributed by atoms with Crippen molar-refractivity contribution < 1.29 is 14.6 Å². The zero-order valence-corrected chi connectivity index (χ0v) is 8.91. The number of aliphatic hydroxyl groups excluding tert-OH is 1. The van der Waals surface area contributed by atoms with Crippen LogP contribution in [0.1, 0.15) is 31.7 Å². The number of hydrogen-bond donors (Lipinski definition) is 2. The number of aromatic hydroxyl groups is 1. The molecule has 0 aliphatic rings. The van der Waals surface area contributed by atoms with E-state index in [2.05, 4.69) is 0 Å². The Morgan fingerprint density at radius 2 is 2.13 bits per heavy atom. The zero-order chi connectivity index (χ0) is 11.3. The lowest BCUT2D eigenvalue weighted by Gasteiger charge is -2.08. The Morgan fingerprint density at radius 1 is 1.40 bits per heavy atom. The molecule has 1 aromatic rings. The molecule has 15 heavy (non-hydrogen) atoms. The maximum Gasteiger partial charge on any atom is 0.123 e. The highest BCUT2D eigenvalue weighted by molar-refractivity contribution is 5.32. The van der Waals surface area contributed by atoms with E-state index in [1.165, 1.54) is 18.2 Å². The first-order valence-electron chi connectivity index (χ1n) is 5.29. The van der Waals surface area contributed by atoms with Gasteiger partial charge in [0.05, 0.1) is 6.10 Å². The SMILES string of the molecule is CC[C@@H](O)CCCc1cc(F)ccc1O. The van der Waals surface area contributed by atoms with Gasteiger partial charge in [0.1, 0.15) is 11.6 Å². The van der Waals surface area contributed by atoms with Gasteiger partial charge in [0.15, 0.2) is 0 Å². The minimum Gasteiger partial charge on any atom is -0.508 e. The summed E-state index contributed by atoms with van der Waals surface area (Å²) in [7, 11) is 0. The van der Waals surface area contributed by atoms with Crippen molar-refractivity contribution in [2.45, 2.75) is 38.7 Å². The van der Waals surface area contributed by atoms with Crippen LogP contribution in [0.5, 0.6) is 5.75 Å². The smallest absolute Gasteiger partial charge is 0.123 e. The van der Waals surface area contributed by atoms with Crippen LogP contribution in [0.3, 0.4) is 0 Å². The molecule has 84 valence electrons. The molecular weight excluding hydrogens is 195 g/mol. The molecule has 0 radical (unpaired) electrons. The Bertz CT molecular complexity index is 312. The molecule has 0 heterocycles. The molecule has 0 aliphatic carbocycles. The van der Waals surface area contributed by atoms with E-state index >= 15 is 0 Å². The van der Waals surface area contributed by atoms with E-state index < -0.39 is 0 Å². The third-order valence-corrected chi connectivity index (χ3v) is 2.50. The van der Waals surface area contributed by atoms with Crippen LogP contribution in [0.4, 0.5) is 4.39 Å². The van der Waals surface area contributed by atoms with Crippen LogP contribution in [-0.4, -0.2) is 16.3 Å². The molecular formula is C12H17FO2. The first kappa shape index (κ1) is 12.0. The molecule has 0 unspecified atom stereocenters. The molecule has 1 aromatic carbocycles. The number of halogens is 1. The van der Waals surface area contributed by atoms with E-state index in [-0.39, 0.29) is 17.7 Å². The predicted molar refractivity (Wildman–Crippen MR) is 57.3 cm³/mol. The standard InChI is InChI=1S/C12H17FO2/c1-2-11(14)5-3-4-9-8-10(13)6-7-12(9)15/h6-8,11,14-15H,2-5H2,1H3/t11-/m1/s1. The second-order valence-electron chi connectivity index (χ2n) is 3.73. The Balaban J connectivity index is 2.46. The summed E-state index contributed by atoms with van der Waals surface area (Å²) in [5.74, 6) is -0.207. The summed E-state index contributed by atoms with van der Waals surface area (Å²) in [5, 5.41) is 18.8. The lowest BCUT2D eigenvalue weighted by atomic mass is 10.0. The van der Waals surface area contributed by atoms with Crippen LogP contribution in [0.15, 0.2) is 18.2 Å². The lowest BCUT2D eigenvalue weighted by Crippen LogP contribution is -2.04. The molecule has 0 bridgehead atoms. The van der Waals surface area contributed by atoms with E-state index in [1.807, 2.05) is 6.92 Å². The monoisotopic (exact) mass is 212 g/mol. The third-order valence-electron chi connectivity index (χ3n) is 2.50. The number of aliphatic hydroxyl groups is 1. The van der Waals surface area contributed by atoms with Gasteiger partial charge in [0.25, 0.3) is 0 Å². The Kier molecular flexibility index (Phi) is 4.56. The summed E-state index contributed by atoms with van der Waals surface area (Å²) in [6.45, 7) is 1.92. The maximum atomic E-state index is 12.8. The number of phenols is 1. The fourth-order valence-electron chi connectivity index (χ4n) is 1.49. The van der Waals surface area contributed by atoms with Crippen LogP contribution >= 0.6 is 0 Å². The number of aryl methyl sites for hydroxylation is 1. The molecule has 0 fully saturated rings. The average molecular weight is 212 g/mol. The number of hydrogen-bond acceptors (Lipinski definition) is 2. The van der Waals surface area contributed by atoms with E-state index in [0.717, 1.165) is 12.8 Å². The molecule has 0 aliphatic heterocycles. The molecule has 0 spiro atoms. The Morgan fingerprint density at radius 3 is 2.80 bits per heavy atom. The second kappa shape index (κ2) is 5.71. The van der Waals surface area contributed by atoms with Gasteiger partial charge in [-0.05, 0) is 49.4 Å². The molecule has 1 rings (SSSR count). The first-order chi connectivity index (χ1) is 7.13. The number of benzene rings is 1. The average Bonchev–Trinajstić information content (AvgIpc) is 2.23. The minimum absolute atomic E-state index is 0.127. The van der Waals surface area contributed by atoms with Crippen LogP contribution in [0, 0.1) is 5.82 Å². The van der Waals surface area contributed by atoms with Crippen molar-refractivity contribution in [3.63, 3.8) is 0 Å². The van der Waals surface area contributed by atoms with Gasteiger partial charge in [-0.3, -0.25) is 0 Å². The molecule has 0 saturated carbocycles. The minimum atomic E-state index is -0.334. The highest BCUT2D eigenvalue weighted by Crippen LogP contribution is 2.20. The summed E-state index contributed by atoms with van der Waals surface area (Å²) < 4.78 is 12.8. The van der Waals surface area contributed by atoms with Gasteiger partial charge in [-0.1, -0.05) is 6.92 Å². The van der Waals surface area contributed by atoms with Crippen LogP contribution in [0.25, 0.3) is 0 Å². The van der Waals surface area contributed by atoms with Crippen LogP contribution in [-0.2, 0) is 6.42 Å². The van der Waals surface area contributed by atoms with Gasteiger partial charge in [-0.15, -0.1) is 0 Å². The molecule has 1 atom stereocenters. The van der Waals surface area contributed by atoms with Crippen molar-refractivity contribution in [3.05, 3.63) is 29.6 Å². The van der Waals surface area contributed by atoms with Gasteiger partial charge in [-0.25, -0.2) is 4.39 Å². The molecule has 0 aromatic heterocycles. The molecule has 3 heteroatoms. The second-order valence-corrected chi connectivity index (χ2v) is 3.73. The Hall–Kier alpha value is -1.09. The third kappa shape index (κ3) is 3.88. The van der Waals surface area contributed by atoms with E-state index in [0.29, 0.717) is 18.4 Å². The quantitative estimate of drug-likeness (QED) is 0.787. The zero-order valence-electron chi connectivity index (χ0n) is 8.91. The van der Waals surface area contributed by atoms with Gasteiger partial charge in [0.2, 0.25) is 0 Å². The fourth-order valence-corrected chi connectivity index (χ4v) is 1.49. The molecule has 0 amide bonds. The van der Waals surface area contributed by atoms with Gasteiger partial charge >= 0.3 is 0 Å². The number of phenolic OH excluding ortho intramolecular Hbond substituents is 1. The van der Waals surface area contributed by atoms with Crippen LogP contribution in [0.2, 0.25) is 0 Å². The molecule has 0 saturated heterocycles. The summed E-state index contributed by atoms with van der Waals surface area (Å²) in [6.07, 6.45) is 2.48. The van der Waals surface area contributed by atoms with E-state index in [1.54, 1.807) is 0 Å². The highest BCUT2D eigenvalue weighted by Gasteiger charge is 2.05. The first-order valence-corrected chi connectivity index (χ1v) is 5.29. The maximum absolute atomic E-state index is 12.8. The van der Waals surface area contributed by atoms with Crippen molar-refractivity contribution in [2.24, 2.45) is 0 Å². The van der Waals surface area contributed by atoms with E-state index in [4.69, 9.17) is 0 Å². The summed E-state index contributed by atoms with van der Waals surface area (Å²) in [6, 6.07) is 3.94. The fraction of sp³-hybridized carbons (Fsp3) is 0.500. The van der Waals surface area contributed by atoms with E-state index in [9.17, 15) is 14.6 Å². The molecule has 2 nitrogen and oxygen atoms in total. The normalized spacial score (nSPS) is 12.7. The Labute approximate surface area is 89.4 Å². The predicted octanol–water partition coefficient (Wildman–Crippen LogP) is 2.62. The largest absolute Gasteiger partial charge is 0.508 e. The van der Waals surface area contributed by atoms with Gasteiger partial charge < -0.3 is 10.2 Å². The van der Waals surface area contributed by atoms with Crippen molar-refractivity contribution in [3.8, 4) is 5.75 Å². The van der Waals surface area contributed by atoms with Crippen molar-refractivity contribution in [1.29, 1.82) is 0 Å². The highest BCUT2D eigenvalue weighted by atomic mass is 19.1. The summed E-state index contributed by atoms with van der Waals surface area (Å²) in [4.78, 5) is 0. The summed E-state index contributed by atoms with van der Waals surface area (Å²) >= 11 is 0. The lowest BCUT2D eigenvalue weighted by molar-refractivity contribution is 0.157. The van der Waals surface area contributed by atoms with Crippen molar-refractivity contribution in [2.75, 3.05) is 0 Å². The van der Waals surface area contributed by atoms with Crippen molar-refractivity contribution in [1.82, 2.24) is 0 Å². The summed E-state index contributed by atoms with van der Waals surface area (Å²) in [5.41, 5.74) is 0.610. The molecule has 2 N–H and O–H groups in total. The van der Waals surface area contributed by atoms with Crippen molar-refractivity contribution >= 4 is 0 Å². The van der Waals surface area contributed by atoms with Gasteiger partial charge in [-0.2, -0.15) is 0 Å². The number of rotatable bonds is 5. The van der Waals surface area contributed by atoms with Gasteiger partial charge in [0, 0.05) is 0 Å². The van der Waals surface area contributed by atoms with Crippen LogP contribution < -0.4 is 0 Å². The topological polar surface area (TPSA) is 40.5 Å².